The maximum absolute atomic E-state index is 7.69. The molecule has 0 amide bonds. The van der Waals surface area contributed by atoms with E-state index in [4.69, 9.17) is 9.60 Å². The van der Waals surface area contributed by atoms with Crippen molar-refractivity contribution >= 4 is 15.9 Å². The van der Waals surface area contributed by atoms with Crippen LogP contribution in [0, 0.1) is 6.85 Å². The highest BCUT2D eigenvalue weighted by atomic mass is 79.9. The third-order valence-corrected chi connectivity index (χ3v) is 1.55. The standard InChI is InChI=1S/C8H7BrN4/c1-6-10-4-2-8(11-6)13-5-3-7(9)12-13/h2-5H,1H3/i1D3,2D,3D,4D,5D. The molecule has 0 unspecified atom stereocenters. The Morgan fingerprint density at radius 2 is 2.54 bits per heavy atom. The molecule has 0 saturated heterocycles. The predicted octanol–water partition coefficient (Wildman–Crippen LogP) is 1.73. The molecule has 0 aliphatic carbocycles. The van der Waals surface area contributed by atoms with Crippen molar-refractivity contribution in [1.29, 1.82) is 0 Å². The van der Waals surface area contributed by atoms with Crippen LogP contribution in [0.1, 0.15) is 15.4 Å². The fourth-order valence-corrected chi connectivity index (χ4v) is 0.969. The summed E-state index contributed by atoms with van der Waals surface area (Å²) in [4.78, 5) is 7.12. The van der Waals surface area contributed by atoms with E-state index in [9.17, 15) is 0 Å². The van der Waals surface area contributed by atoms with Crippen LogP contribution in [0.4, 0.5) is 0 Å². The van der Waals surface area contributed by atoms with Crippen LogP contribution >= 0.6 is 15.9 Å². The Kier molecular flexibility index (Phi) is 0.875. The van der Waals surface area contributed by atoms with Crippen molar-refractivity contribution in [1.82, 2.24) is 19.7 Å². The van der Waals surface area contributed by atoms with Crippen molar-refractivity contribution in [2.24, 2.45) is 0 Å². The van der Waals surface area contributed by atoms with Gasteiger partial charge in [0.25, 0.3) is 0 Å². The average molecular weight is 246 g/mol. The Morgan fingerprint density at radius 1 is 1.62 bits per heavy atom. The van der Waals surface area contributed by atoms with Crippen molar-refractivity contribution in [3.63, 3.8) is 0 Å². The number of nitrogens with zero attached hydrogens (tertiary/aromatic N) is 4. The first kappa shape index (κ1) is 3.49. The topological polar surface area (TPSA) is 43.6 Å². The smallest absolute Gasteiger partial charge is 0.157 e. The van der Waals surface area contributed by atoms with E-state index in [1.54, 1.807) is 0 Å². The average Bonchev–Trinajstić information content (AvgIpc) is 2.59. The lowest BCUT2D eigenvalue weighted by Crippen LogP contribution is -1.99. The maximum Gasteiger partial charge on any atom is 0.157 e. The molecule has 2 aromatic heterocycles. The minimum atomic E-state index is -2.64. The predicted molar refractivity (Wildman–Crippen MR) is 51.6 cm³/mol. The molecule has 2 rings (SSSR count). The number of hydrogen-bond donors (Lipinski definition) is 0. The minimum absolute atomic E-state index is 0.0578. The normalized spacial score (nSPS) is 19.0. The lowest BCUT2D eigenvalue weighted by Gasteiger charge is -1.99. The van der Waals surface area contributed by atoms with E-state index in [1.807, 2.05) is 0 Å². The Hall–Kier alpha value is -1.23. The molecule has 5 heteroatoms. The molecule has 13 heavy (non-hydrogen) atoms. The molecule has 0 atom stereocenters. The van der Waals surface area contributed by atoms with Gasteiger partial charge >= 0.3 is 0 Å². The molecule has 4 nitrogen and oxygen atoms in total. The molecule has 0 aliphatic heterocycles. The van der Waals surface area contributed by atoms with Crippen molar-refractivity contribution in [3.8, 4) is 5.82 Å². The molecule has 0 aliphatic rings. The monoisotopic (exact) mass is 245 g/mol. The van der Waals surface area contributed by atoms with Gasteiger partial charge in [0.15, 0.2) is 5.82 Å². The first-order valence-electron chi connectivity index (χ1n) is 6.70. The zero-order chi connectivity index (χ0) is 15.2. The lowest BCUT2D eigenvalue weighted by molar-refractivity contribution is 0.821. The molecule has 0 bridgehead atoms. The van der Waals surface area contributed by atoms with Gasteiger partial charge in [-0.1, -0.05) is 0 Å². The molecular weight excluding hydrogens is 232 g/mol. The van der Waals surface area contributed by atoms with Gasteiger partial charge in [0.2, 0.25) is 0 Å². The quantitative estimate of drug-likeness (QED) is 0.769. The van der Waals surface area contributed by atoms with Crippen molar-refractivity contribution in [3.05, 3.63) is 34.9 Å². The van der Waals surface area contributed by atoms with Gasteiger partial charge in [-0.2, -0.15) is 5.10 Å². The highest BCUT2D eigenvalue weighted by Crippen LogP contribution is 2.08. The van der Waals surface area contributed by atoms with Crippen LogP contribution in [0.2, 0.25) is 0 Å². The molecule has 2 aromatic rings. The lowest BCUT2D eigenvalue weighted by atomic mass is 10.5. The molecule has 0 fully saturated rings. The Morgan fingerprint density at radius 3 is 3.23 bits per heavy atom. The van der Waals surface area contributed by atoms with Gasteiger partial charge in [-0.25, -0.2) is 14.6 Å². The van der Waals surface area contributed by atoms with Crippen molar-refractivity contribution in [2.45, 2.75) is 6.85 Å². The fourth-order valence-electron chi connectivity index (χ4n) is 0.722. The summed E-state index contributed by atoms with van der Waals surface area (Å²) < 4.78 is 53.0. The second kappa shape index (κ2) is 3.26. The van der Waals surface area contributed by atoms with Crippen molar-refractivity contribution in [2.75, 3.05) is 0 Å². The van der Waals surface area contributed by atoms with Crippen LogP contribution < -0.4 is 0 Å². The Labute approximate surface area is 93.6 Å². The number of aryl methyl sites for hydroxylation is 1. The SMILES string of the molecule is [2H]c1nc(C([2H])([2H])[2H])nc(-n2nc(Br)c([2H])c2[2H])c1[2H]. The molecule has 0 saturated carbocycles. The molecule has 0 N–H and O–H groups in total. The highest BCUT2D eigenvalue weighted by Gasteiger charge is 1.99. The van der Waals surface area contributed by atoms with Gasteiger partial charge < -0.3 is 0 Å². The van der Waals surface area contributed by atoms with Crippen LogP contribution in [0.3, 0.4) is 0 Å². The van der Waals surface area contributed by atoms with Crippen LogP contribution in [0.15, 0.2) is 29.0 Å². The summed E-state index contributed by atoms with van der Waals surface area (Å²) in [6.07, 6.45) is -0.960. The second-order valence-electron chi connectivity index (χ2n) is 2.05. The molecule has 0 aromatic carbocycles. The van der Waals surface area contributed by atoms with Gasteiger partial charge in [-0.05, 0) is 28.8 Å². The molecule has 0 spiro atoms. The van der Waals surface area contributed by atoms with E-state index in [0.29, 0.717) is 0 Å². The Bertz CT molecular complexity index is 680. The maximum atomic E-state index is 7.69. The summed E-state index contributed by atoms with van der Waals surface area (Å²) in [5, 5.41) is 3.79. The van der Waals surface area contributed by atoms with Gasteiger partial charge in [0.05, 0.1) is 5.48 Å². The van der Waals surface area contributed by atoms with Crippen molar-refractivity contribution < 1.29 is 9.60 Å². The van der Waals surface area contributed by atoms with Gasteiger partial charge in [0.1, 0.15) is 10.4 Å². The molecule has 66 valence electrons. The first-order valence-corrected chi connectivity index (χ1v) is 4.00. The van der Waals surface area contributed by atoms with E-state index in [-0.39, 0.29) is 22.6 Å². The third kappa shape index (κ3) is 1.75. The zero-order valence-corrected chi connectivity index (χ0v) is 7.75. The minimum Gasteiger partial charge on any atom is -0.242 e. The molecule has 2 heterocycles. The number of aromatic nitrogens is 4. The number of halogens is 1. The van der Waals surface area contributed by atoms with Gasteiger partial charge in [-0.15, -0.1) is 0 Å². The van der Waals surface area contributed by atoms with E-state index in [2.05, 4.69) is 31.0 Å². The largest absolute Gasteiger partial charge is 0.242 e. The zero-order valence-electron chi connectivity index (χ0n) is 13.2. The summed E-state index contributed by atoms with van der Waals surface area (Å²) >= 11 is 2.96. The van der Waals surface area contributed by atoms with Crippen LogP contribution in [0.25, 0.3) is 5.82 Å². The third-order valence-electron chi connectivity index (χ3n) is 1.19. The number of hydrogen-bond acceptors (Lipinski definition) is 3. The summed E-state index contributed by atoms with van der Waals surface area (Å²) in [6, 6.07) is -0.702. The summed E-state index contributed by atoms with van der Waals surface area (Å²) in [7, 11) is 0. The first-order chi connectivity index (χ1) is 9.12. The van der Waals surface area contributed by atoms with E-state index < -0.39 is 24.9 Å². The van der Waals surface area contributed by atoms with E-state index >= 15 is 0 Å². The highest BCUT2D eigenvalue weighted by molar-refractivity contribution is 9.10. The summed E-state index contributed by atoms with van der Waals surface area (Å²) in [6.45, 7) is -2.64. The van der Waals surface area contributed by atoms with Crippen LogP contribution in [0.5, 0.6) is 0 Å². The number of rotatable bonds is 1. The van der Waals surface area contributed by atoms with E-state index in [1.165, 1.54) is 0 Å². The van der Waals surface area contributed by atoms with Gasteiger partial charge in [-0.3, -0.25) is 0 Å². The second-order valence-corrected chi connectivity index (χ2v) is 2.80. The molecule has 0 radical (unpaired) electrons. The van der Waals surface area contributed by atoms with Crippen LogP contribution in [-0.4, -0.2) is 19.7 Å². The fraction of sp³-hybridized carbons (Fsp3) is 0.125. The summed E-state index contributed by atoms with van der Waals surface area (Å²) in [5.74, 6) is -0.925. The van der Waals surface area contributed by atoms with Crippen LogP contribution in [-0.2, 0) is 0 Å². The van der Waals surface area contributed by atoms with E-state index in [0.717, 1.165) is 4.68 Å². The Balaban J connectivity index is 2.73. The molecular formula is C8H7BrN4. The van der Waals surface area contributed by atoms with Gasteiger partial charge in [0, 0.05) is 22.5 Å². The summed E-state index contributed by atoms with van der Waals surface area (Å²) in [5.41, 5.74) is 0.